The molecular formula is C21H24F3NO5S. The number of fused-ring (bicyclic) bond motifs is 2. The van der Waals surface area contributed by atoms with Gasteiger partial charge in [0, 0.05) is 10.8 Å². The fraction of sp³-hybridized carbons (Fsp3) is 0.619. The Morgan fingerprint density at radius 1 is 1.23 bits per heavy atom. The van der Waals surface area contributed by atoms with Crippen LogP contribution in [0.25, 0.3) is 5.57 Å². The molecule has 1 aromatic rings. The summed E-state index contributed by atoms with van der Waals surface area (Å²) in [6, 6.07) is 2.88. The first-order chi connectivity index (χ1) is 14.3. The number of aryl methyl sites for hydroxylation is 1. The lowest BCUT2D eigenvalue weighted by Crippen LogP contribution is -2.41. The van der Waals surface area contributed by atoms with Gasteiger partial charge in [0.05, 0.1) is 6.10 Å². The zero-order chi connectivity index (χ0) is 22.4. The molecule has 0 heterocycles. The van der Waals surface area contributed by atoms with E-state index in [1.165, 1.54) is 17.7 Å². The first kappa shape index (κ1) is 21.1. The molecule has 31 heavy (non-hydrogen) atoms. The van der Waals surface area contributed by atoms with Crippen LogP contribution in [-0.4, -0.2) is 32.4 Å². The van der Waals surface area contributed by atoms with E-state index in [4.69, 9.17) is 14.1 Å². The summed E-state index contributed by atoms with van der Waals surface area (Å²) in [6.07, 6.45) is -0.201. The van der Waals surface area contributed by atoms with Gasteiger partial charge in [0.15, 0.2) is 18.1 Å². The molecule has 5 rings (SSSR count). The molecule has 4 atom stereocenters. The van der Waals surface area contributed by atoms with Gasteiger partial charge in [-0.3, -0.25) is 0 Å². The van der Waals surface area contributed by atoms with Crippen molar-refractivity contribution in [2.75, 3.05) is 6.61 Å². The van der Waals surface area contributed by atoms with Crippen LogP contribution in [0.15, 0.2) is 17.7 Å². The Hall–Kier alpha value is -1.78. The second-order valence-electron chi connectivity index (χ2n) is 9.43. The maximum atomic E-state index is 12.8. The van der Waals surface area contributed by atoms with Crippen LogP contribution in [0.3, 0.4) is 0 Å². The van der Waals surface area contributed by atoms with Gasteiger partial charge in [-0.25, -0.2) is 0 Å². The highest BCUT2D eigenvalue weighted by Crippen LogP contribution is 2.80. The Balaban J connectivity index is 1.59. The Kier molecular flexibility index (Phi) is 4.34. The van der Waals surface area contributed by atoms with E-state index in [1.54, 1.807) is 0 Å². The van der Waals surface area contributed by atoms with Crippen LogP contribution in [-0.2, 0) is 16.7 Å². The zero-order valence-corrected chi connectivity index (χ0v) is 17.8. The fourth-order valence-electron chi connectivity index (χ4n) is 6.53. The Morgan fingerprint density at radius 2 is 1.97 bits per heavy atom. The lowest BCUT2D eigenvalue weighted by molar-refractivity contribution is -0.153. The number of ether oxygens (including phenoxy) is 1. The third-order valence-electron chi connectivity index (χ3n) is 7.90. The summed E-state index contributed by atoms with van der Waals surface area (Å²) in [5, 5.41) is 15.6. The lowest BCUT2D eigenvalue weighted by atomic mass is 9.59. The number of hydrogen-bond acceptors (Lipinski definition) is 5. The van der Waals surface area contributed by atoms with Crippen LogP contribution in [0.5, 0.6) is 11.5 Å². The topological polar surface area (TPSA) is 98.9 Å². The molecule has 0 saturated heterocycles. The molecule has 4 aliphatic carbocycles. The average Bonchev–Trinajstić information content (AvgIpc) is 3.30. The second-order valence-corrected chi connectivity index (χ2v) is 10.6. The van der Waals surface area contributed by atoms with E-state index in [1.807, 2.05) is 0 Å². The number of alkyl halides is 3. The van der Waals surface area contributed by atoms with E-state index in [0.717, 1.165) is 42.4 Å². The van der Waals surface area contributed by atoms with Gasteiger partial charge in [0.1, 0.15) is 0 Å². The summed E-state index contributed by atoms with van der Waals surface area (Å²) < 4.78 is 70.8. The van der Waals surface area contributed by atoms with Gasteiger partial charge in [-0.05, 0) is 73.3 Å². The van der Waals surface area contributed by atoms with Crippen LogP contribution in [0.1, 0.15) is 50.2 Å². The maximum absolute atomic E-state index is 12.8. The lowest BCUT2D eigenvalue weighted by Gasteiger charge is -2.46. The van der Waals surface area contributed by atoms with Crippen molar-refractivity contribution in [1.29, 1.82) is 0 Å². The highest BCUT2D eigenvalue weighted by atomic mass is 32.2. The van der Waals surface area contributed by atoms with Crippen LogP contribution in [0, 0.1) is 16.7 Å². The largest absolute Gasteiger partial charge is 0.480 e. The Bertz CT molecular complexity index is 1100. The number of allylic oxidation sites excluding steroid dienone is 2. The predicted octanol–water partition coefficient (Wildman–Crippen LogP) is 3.48. The molecule has 1 spiro atoms. The van der Waals surface area contributed by atoms with E-state index in [2.05, 4.69) is 6.92 Å². The molecule has 1 aromatic carbocycles. The first-order valence-electron chi connectivity index (χ1n) is 10.3. The van der Waals surface area contributed by atoms with Crippen LogP contribution in [0.2, 0.25) is 0 Å². The van der Waals surface area contributed by atoms with Crippen molar-refractivity contribution in [1.82, 2.24) is 0 Å². The number of rotatable bonds is 4. The second kappa shape index (κ2) is 6.39. The molecule has 2 unspecified atom stereocenters. The highest BCUT2D eigenvalue weighted by Gasteiger charge is 2.74. The molecular weight excluding hydrogens is 435 g/mol. The summed E-state index contributed by atoms with van der Waals surface area (Å²) in [6.45, 7) is 0.583. The summed E-state index contributed by atoms with van der Waals surface area (Å²) >= 11 is 0. The SMILES string of the molecule is C[C@]12CCC3=C(CCc4cc(OS(N)(=O)=O)c(OCC(F)(F)F)cc43)C13CC3C[C@H]2O. The van der Waals surface area contributed by atoms with Gasteiger partial charge in [-0.1, -0.05) is 12.5 Å². The normalized spacial score (nSPS) is 33.9. The molecule has 0 bridgehead atoms. The third kappa shape index (κ3) is 3.17. The maximum Gasteiger partial charge on any atom is 0.422 e. The molecule has 0 aromatic heterocycles. The zero-order valence-electron chi connectivity index (χ0n) is 17.0. The molecule has 0 amide bonds. The van der Waals surface area contributed by atoms with Crippen molar-refractivity contribution < 1.29 is 35.6 Å². The quantitative estimate of drug-likeness (QED) is 0.718. The predicted molar refractivity (Wildman–Crippen MR) is 105 cm³/mol. The number of aliphatic hydroxyl groups excluding tert-OH is 1. The monoisotopic (exact) mass is 459 g/mol. The molecule has 170 valence electrons. The van der Waals surface area contributed by atoms with E-state index in [9.17, 15) is 26.7 Å². The number of aliphatic hydroxyl groups is 1. The summed E-state index contributed by atoms with van der Waals surface area (Å²) in [5.74, 6) is -0.192. The van der Waals surface area contributed by atoms with Gasteiger partial charge in [0.2, 0.25) is 0 Å². The van der Waals surface area contributed by atoms with Crippen molar-refractivity contribution in [3.05, 3.63) is 28.8 Å². The van der Waals surface area contributed by atoms with Gasteiger partial charge in [-0.2, -0.15) is 26.7 Å². The molecule has 0 radical (unpaired) electrons. The van der Waals surface area contributed by atoms with E-state index >= 15 is 0 Å². The van der Waals surface area contributed by atoms with Crippen molar-refractivity contribution in [2.24, 2.45) is 21.9 Å². The average molecular weight is 459 g/mol. The van der Waals surface area contributed by atoms with Crippen LogP contribution >= 0.6 is 0 Å². The Morgan fingerprint density at radius 3 is 2.65 bits per heavy atom. The minimum Gasteiger partial charge on any atom is -0.480 e. The van der Waals surface area contributed by atoms with Crippen molar-refractivity contribution in [3.63, 3.8) is 0 Å². The number of nitrogens with two attached hydrogens (primary N) is 1. The molecule has 2 saturated carbocycles. The van der Waals surface area contributed by atoms with Gasteiger partial charge < -0.3 is 14.0 Å². The van der Waals surface area contributed by atoms with Crippen molar-refractivity contribution in [3.8, 4) is 11.5 Å². The Labute approximate surface area is 178 Å². The molecule has 10 heteroatoms. The molecule has 2 fully saturated rings. The van der Waals surface area contributed by atoms with Gasteiger partial charge >= 0.3 is 16.5 Å². The van der Waals surface area contributed by atoms with Crippen LogP contribution < -0.4 is 14.1 Å². The first-order valence-corrected chi connectivity index (χ1v) is 11.8. The van der Waals surface area contributed by atoms with Gasteiger partial charge in [-0.15, -0.1) is 0 Å². The standard InChI is InChI=1S/C21H24F3NO5S/c1-19-5-4-13-14-8-16(29-10-21(22,23)24)17(30-31(25,27)28)6-11(14)2-3-15(13)20(19)9-12(20)7-18(19)26/h6,8,12,18,26H,2-5,7,9-10H2,1H3,(H2,25,27,28)/t12?,18-,19-,20?/m1/s1. The van der Waals surface area contributed by atoms with Gasteiger partial charge in [0.25, 0.3) is 0 Å². The van der Waals surface area contributed by atoms with E-state index in [-0.39, 0.29) is 28.4 Å². The number of benzene rings is 1. The summed E-state index contributed by atoms with van der Waals surface area (Å²) in [4.78, 5) is 0. The van der Waals surface area contributed by atoms with Crippen molar-refractivity contribution >= 4 is 15.9 Å². The van der Waals surface area contributed by atoms with E-state index < -0.39 is 23.1 Å². The third-order valence-corrected chi connectivity index (χ3v) is 8.31. The minimum atomic E-state index is -4.59. The molecule has 6 nitrogen and oxygen atoms in total. The van der Waals surface area contributed by atoms with Crippen LogP contribution in [0.4, 0.5) is 13.2 Å². The number of halogens is 3. The smallest absolute Gasteiger partial charge is 0.422 e. The molecule has 0 aliphatic heterocycles. The fourth-order valence-corrected chi connectivity index (χ4v) is 6.91. The molecule has 3 N–H and O–H groups in total. The molecule has 4 aliphatic rings. The summed E-state index contributed by atoms with van der Waals surface area (Å²) in [5.41, 5.74) is 3.78. The van der Waals surface area contributed by atoms with E-state index in [0.29, 0.717) is 18.8 Å². The highest BCUT2D eigenvalue weighted by molar-refractivity contribution is 7.84. The summed E-state index contributed by atoms with van der Waals surface area (Å²) in [7, 11) is -4.43. The van der Waals surface area contributed by atoms with Crippen molar-refractivity contribution in [2.45, 2.75) is 57.7 Å². The number of hydrogen-bond donors (Lipinski definition) is 2. The minimum absolute atomic E-state index is 0.0273.